The molecule has 1 aliphatic heterocycles. The molecule has 1 aromatic carbocycles. The number of carboxylic acid groups (broad SMARTS) is 1. The molecular formula is C12H13Cl2NO5. The largest absolute Gasteiger partial charge is 0.473 e. The van der Waals surface area contributed by atoms with Crippen molar-refractivity contribution in [3.63, 3.8) is 0 Å². The third kappa shape index (κ3) is 6.72. The van der Waals surface area contributed by atoms with E-state index in [1.807, 2.05) is 0 Å². The predicted octanol–water partition coefficient (Wildman–Crippen LogP) is 1.59. The van der Waals surface area contributed by atoms with E-state index in [0.29, 0.717) is 0 Å². The van der Waals surface area contributed by atoms with Crippen LogP contribution in [-0.2, 0) is 14.3 Å². The quantitative estimate of drug-likeness (QED) is 0.464. The molecule has 1 heterocycles. The van der Waals surface area contributed by atoms with E-state index in [0.717, 1.165) is 26.3 Å². The van der Waals surface area contributed by atoms with Gasteiger partial charge in [0, 0.05) is 23.1 Å². The summed E-state index contributed by atoms with van der Waals surface area (Å²) in [5.74, 6) is -3.07. The van der Waals surface area contributed by atoms with Crippen LogP contribution >= 0.6 is 23.2 Å². The minimum atomic E-state index is -1.68. The van der Waals surface area contributed by atoms with Crippen LogP contribution < -0.4 is 10.1 Å². The van der Waals surface area contributed by atoms with Gasteiger partial charge in [0.2, 0.25) is 0 Å². The monoisotopic (exact) mass is 321 g/mol. The molecular weight excluding hydrogens is 309 g/mol. The van der Waals surface area contributed by atoms with Crippen LogP contribution in [0.4, 0.5) is 0 Å². The molecule has 8 heteroatoms. The van der Waals surface area contributed by atoms with Crippen molar-refractivity contribution in [3.8, 4) is 5.75 Å². The van der Waals surface area contributed by atoms with Gasteiger partial charge in [0.25, 0.3) is 0 Å². The Morgan fingerprint density at radius 1 is 1.15 bits per heavy atom. The van der Waals surface area contributed by atoms with Crippen molar-refractivity contribution in [1.82, 2.24) is 5.32 Å². The molecule has 0 saturated carbocycles. The van der Waals surface area contributed by atoms with Gasteiger partial charge in [0.15, 0.2) is 0 Å². The zero-order valence-corrected chi connectivity index (χ0v) is 11.9. The van der Waals surface area contributed by atoms with Crippen LogP contribution in [0.5, 0.6) is 5.75 Å². The summed E-state index contributed by atoms with van der Waals surface area (Å²) in [7, 11) is 0. The number of ether oxygens (including phenoxy) is 2. The van der Waals surface area contributed by atoms with Gasteiger partial charge in [-0.15, -0.1) is 0 Å². The van der Waals surface area contributed by atoms with Crippen molar-refractivity contribution in [2.24, 2.45) is 0 Å². The lowest BCUT2D eigenvalue weighted by Crippen LogP contribution is -2.30. The minimum Gasteiger partial charge on any atom is -0.473 e. The molecule has 110 valence electrons. The number of esters is 1. The van der Waals surface area contributed by atoms with Gasteiger partial charge in [-0.25, -0.2) is 9.59 Å². The van der Waals surface area contributed by atoms with Gasteiger partial charge in [-0.1, -0.05) is 23.2 Å². The second-order valence-electron chi connectivity index (χ2n) is 3.66. The van der Waals surface area contributed by atoms with Gasteiger partial charge in [0.1, 0.15) is 5.75 Å². The third-order valence-electron chi connectivity index (χ3n) is 2.07. The van der Waals surface area contributed by atoms with Crippen LogP contribution in [0.2, 0.25) is 10.0 Å². The molecule has 0 atom stereocenters. The number of rotatable bonds is 1. The van der Waals surface area contributed by atoms with Crippen LogP contribution in [0.25, 0.3) is 0 Å². The summed E-state index contributed by atoms with van der Waals surface area (Å²) >= 11 is 11.2. The number of carboxylic acids is 1. The molecule has 1 aliphatic rings. The zero-order chi connectivity index (χ0) is 15.0. The number of carbonyl (C=O) groups excluding carboxylic acids is 1. The van der Waals surface area contributed by atoms with E-state index in [2.05, 4.69) is 10.1 Å². The van der Waals surface area contributed by atoms with Crippen molar-refractivity contribution < 1.29 is 24.2 Å². The smallest absolute Gasteiger partial charge is 0.422 e. The minimum absolute atomic E-state index is 0.00472. The fraction of sp³-hybridized carbons (Fsp3) is 0.333. The van der Waals surface area contributed by atoms with E-state index in [4.69, 9.17) is 33.0 Å². The molecule has 6 nitrogen and oxygen atoms in total. The molecule has 0 bridgehead atoms. The Labute approximate surface area is 125 Å². The SMILES string of the molecule is C1COCCN1.O=C(O)C(=O)Oc1cc(Cl)cc(Cl)c1. The summed E-state index contributed by atoms with van der Waals surface area (Å²) in [6.07, 6.45) is 0. The van der Waals surface area contributed by atoms with Crippen molar-refractivity contribution in [2.75, 3.05) is 26.3 Å². The Morgan fingerprint density at radius 3 is 2.05 bits per heavy atom. The summed E-state index contributed by atoms with van der Waals surface area (Å²) in [5, 5.41) is 11.9. The summed E-state index contributed by atoms with van der Waals surface area (Å²) < 4.78 is 9.44. The Balaban J connectivity index is 0.000000276. The van der Waals surface area contributed by atoms with E-state index in [-0.39, 0.29) is 15.8 Å². The maximum Gasteiger partial charge on any atom is 0.422 e. The van der Waals surface area contributed by atoms with Gasteiger partial charge in [-0.3, -0.25) is 0 Å². The highest BCUT2D eigenvalue weighted by Gasteiger charge is 2.14. The topological polar surface area (TPSA) is 84.9 Å². The van der Waals surface area contributed by atoms with Crippen molar-refractivity contribution >= 4 is 35.1 Å². The number of hydrogen-bond donors (Lipinski definition) is 2. The van der Waals surface area contributed by atoms with Gasteiger partial charge >= 0.3 is 11.9 Å². The first-order valence-electron chi connectivity index (χ1n) is 5.68. The maximum atomic E-state index is 10.6. The summed E-state index contributed by atoms with van der Waals surface area (Å²) in [6, 6.07) is 4.00. The van der Waals surface area contributed by atoms with E-state index >= 15 is 0 Å². The number of aliphatic carboxylic acids is 1. The number of benzene rings is 1. The van der Waals surface area contributed by atoms with Gasteiger partial charge < -0.3 is 19.9 Å². The Hall–Kier alpha value is -1.34. The van der Waals surface area contributed by atoms with Crippen molar-refractivity contribution in [3.05, 3.63) is 28.2 Å². The molecule has 0 spiro atoms. The zero-order valence-electron chi connectivity index (χ0n) is 10.4. The number of halogens is 2. The normalized spacial score (nSPS) is 13.9. The molecule has 2 rings (SSSR count). The van der Waals surface area contributed by atoms with Crippen LogP contribution in [0.3, 0.4) is 0 Å². The number of carbonyl (C=O) groups is 2. The summed E-state index contributed by atoms with van der Waals surface area (Å²) in [5.41, 5.74) is 0. The average Bonchev–Trinajstić information content (AvgIpc) is 2.40. The molecule has 0 aromatic heterocycles. The first-order chi connectivity index (χ1) is 9.49. The van der Waals surface area contributed by atoms with E-state index in [1.165, 1.54) is 18.2 Å². The van der Waals surface area contributed by atoms with Crippen LogP contribution in [0, 0.1) is 0 Å². The van der Waals surface area contributed by atoms with Crippen LogP contribution in [0.15, 0.2) is 18.2 Å². The first kappa shape index (κ1) is 16.7. The highest BCUT2D eigenvalue weighted by molar-refractivity contribution is 6.35. The highest BCUT2D eigenvalue weighted by atomic mass is 35.5. The molecule has 2 N–H and O–H groups in total. The Morgan fingerprint density at radius 2 is 1.70 bits per heavy atom. The summed E-state index contributed by atoms with van der Waals surface area (Å²) in [6.45, 7) is 3.83. The second-order valence-corrected chi connectivity index (χ2v) is 4.54. The standard InChI is InChI=1S/C8H4Cl2O4.C4H9NO/c9-4-1-5(10)3-6(2-4)14-8(13)7(11)12;1-3-6-4-2-5-1/h1-3H,(H,11,12);5H,1-4H2. The molecule has 0 radical (unpaired) electrons. The molecule has 1 aromatic rings. The third-order valence-corrected chi connectivity index (χ3v) is 2.50. The van der Waals surface area contributed by atoms with E-state index in [9.17, 15) is 9.59 Å². The molecule has 0 unspecified atom stereocenters. The average molecular weight is 322 g/mol. The Bertz CT molecular complexity index is 445. The second kappa shape index (κ2) is 8.76. The summed E-state index contributed by atoms with van der Waals surface area (Å²) in [4.78, 5) is 20.8. The first-order valence-corrected chi connectivity index (χ1v) is 6.44. The molecule has 20 heavy (non-hydrogen) atoms. The molecule has 0 aliphatic carbocycles. The Kier molecular flexibility index (Phi) is 7.32. The molecule has 1 fully saturated rings. The predicted molar refractivity (Wildman–Crippen MR) is 73.4 cm³/mol. The number of nitrogens with one attached hydrogen (secondary N) is 1. The van der Waals surface area contributed by atoms with Gasteiger partial charge in [0.05, 0.1) is 13.2 Å². The lowest BCUT2D eigenvalue weighted by atomic mass is 10.3. The van der Waals surface area contributed by atoms with Crippen LogP contribution in [0.1, 0.15) is 0 Å². The lowest BCUT2D eigenvalue weighted by Gasteiger charge is -2.10. The van der Waals surface area contributed by atoms with Crippen molar-refractivity contribution in [1.29, 1.82) is 0 Å². The molecule has 1 saturated heterocycles. The number of hydrogen-bond acceptors (Lipinski definition) is 5. The van der Waals surface area contributed by atoms with E-state index < -0.39 is 11.9 Å². The fourth-order valence-corrected chi connectivity index (χ4v) is 1.76. The van der Waals surface area contributed by atoms with Crippen LogP contribution in [-0.4, -0.2) is 43.3 Å². The van der Waals surface area contributed by atoms with E-state index in [1.54, 1.807) is 0 Å². The highest BCUT2D eigenvalue weighted by Crippen LogP contribution is 2.24. The van der Waals surface area contributed by atoms with Gasteiger partial charge in [-0.2, -0.15) is 0 Å². The maximum absolute atomic E-state index is 10.6. The number of morpholine rings is 1. The lowest BCUT2D eigenvalue weighted by molar-refractivity contribution is -0.158. The fourth-order valence-electron chi connectivity index (χ4n) is 1.25. The van der Waals surface area contributed by atoms with Gasteiger partial charge in [-0.05, 0) is 18.2 Å². The van der Waals surface area contributed by atoms with Crippen molar-refractivity contribution in [2.45, 2.75) is 0 Å². The molecule has 0 amide bonds.